The van der Waals surface area contributed by atoms with Gasteiger partial charge in [-0.25, -0.2) is 14.7 Å². The van der Waals surface area contributed by atoms with Crippen LogP contribution >= 0.6 is 0 Å². The summed E-state index contributed by atoms with van der Waals surface area (Å²) in [6, 6.07) is 3.42. The smallest absolute Gasteiger partial charge is 0.129 e. The maximum Gasteiger partial charge on any atom is 0.129 e. The molecular formula is C8H9F2NO. The molecule has 0 saturated carbocycles. The molecule has 2 nitrogen and oxygen atoms in total. The van der Waals surface area contributed by atoms with E-state index >= 15 is 0 Å². The second-order valence-corrected chi connectivity index (χ2v) is 2.36. The number of hydrogen-bond acceptors (Lipinski definition) is 2. The second kappa shape index (κ2) is 4.13. The maximum absolute atomic E-state index is 12.8. The molecule has 0 aliphatic heterocycles. The van der Waals surface area contributed by atoms with Crippen molar-refractivity contribution in [3.63, 3.8) is 0 Å². The van der Waals surface area contributed by atoms with Crippen LogP contribution in [0.5, 0.6) is 0 Å². The molecule has 1 aromatic rings. The lowest BCUT2D eigenvalue weighted by molar-refractivity contribution is 0.140. The fourth-order valence-electron chi connectivity index (χ4n) is 0.893. The first kappa shape index (κ1) is 9.09. The molecule has 12 heavy (non-hydrogen) atoms. The third kappa shape index (κ3) is 2.25. The van der Waals surface area contributed by atoms with Crippen LogP contribution in [-0.2, 0) is 11.3 Å². The van der Waals surface area contributed by atoms with Gasteiger partial charge in [-0.3, -0.25) is 0 Å². The van der Waals surface area contributed by atoms with Gasteiger partial charge in [0.05, 0.1) is 6.61 Å². The van der Waals surface area contributed by atoms with Crippen LogP contribution in [0.2, 0.25) is 0 Å². The Kier molecular flexibility index (Phi) is 3.13. The minimum absolute atomic E-state index is 0.225. The first-order valence-corrected chi connectivity index (χ1v) is 3.49. The first-order valence-electron chi connectivity index (χ1n) is 3.49. The lowest BCUT2D eigenvalue weighted by Gasteiger charge is -2.00. The molecule has 66 valence electrons. The van der Waals surface area contributed by atoms with Crippen molar-refractivity contribution in [2.75, 3.05) is 6.61 Å². The summed E-state index contributed by atoms with van der Waals surface area (Å²) in [5, 5.41) is 0. The van der Waals surface area contributed by atoms with E-state index in [0.717, 1.165) is 6.07 Å². The molecular weight excluding hydrogens is 164 g/mol. The van der Waals surface area contributed by atoms with Gasteiger partial charge in [0, 0.05) is 12.5 Å². The van der Waals surface area contributed by atoms with Crippen LogP contribution in [0.1, 0.15) is 5.56 Å². The number of halogens is 2. The molecule has 0 spiro atoms. The molecule has 0 aromatic heterocycles. The van der Waals surface area contributed by atoms with Crippen LogP contribution in [0.4, 0.5) is 8.78 Å². The summed E-state index contributed by atoms with van der Waals surface area (Å²) in [7, 11) is 0. The summed E-state index contributed by atoms with van der Waals surface area (Å²) in [5.41, 5.74) is 0.404. The van der Waals surface area contributed by atoms with Gasteiger partial charge in [-0.05, 0) is 11.6 Å². The Morgan fingerprint density at radius 3 is 2.67 bits per heavy atom. The number of nitrogens with two attached hydrogens (primary N) is 1. The van der Waals surface area contributed by atoms with Crippen LogP contribution in [0.3, 0.4) is 0 Å². The molecule has 0 atom stereocenters. The Bertz CT molecular complexity index is 265. The van der Waals surface area contributed by atoms with Crippen molar-refractivity contribution in [3.8, 4) is 0 Å². The highest BCUT2D eigenvalue weighted by Crippen LogP contribution is 2.09. The standard InChI is InChI=1S/C8H9F2NO/c9-7-2-1-6(3-4-12-11)8(10)5-7/h1-2,5H,3-4,11H2. The van der Waals surface area contributed by atoms with Crippen molar-refractivity contribution >= 4 is 0 Å². The predicted octanol–water partition coefficient (Wildman–Crippen LogP) is 1.40. The summed E-state index contributed by atoms with van der Waals surface area (Å²) >= 11 is 0. The lowest BCUT2D eigenvalue weighted by Crippen LogP contribution is -2.05. The van der Waals surface area contributed by atoms with E-state index in [-0.39, 0.29) is 6.61 Å². The van der Waals surface area contributed by atoms with E-state index in [9.17, 15) is 8.78 Å². The zero-order valence-electron chi connectivity index (χ0n) is 6.39. The summed E-state index contributed by atoms with van der Waals surface area (Å²) in [6.45, 7) is 0.225. The van der Waals surface area contributed by atoms with E-state index in [2.05, 4.69) is 4.84 Å². The maximum atomic E-state index is 12.8. The molecule has 0 amide bonds. The van der Waals surface area contributed by atoms with Crippen molar-refractivity contribution < 1.29 is 13.6 Å². The van der Waals surface area contributed by atoms with Gasteiger partial charge in [0.25, 0.3) is 0 Å². The second-order valence-electron chi connectivity index (χ2n) is 2.36. The van der Waals surface area contributed by atoms with Crippen molar-refractivity contribution in [1.82, 2.24) is 0 Å². The molecule has 0 radical (unpaired) electrons. The summed E-state index contributed by atoms with van der Waals surface area (Å²) in [5.74, 6) is 3.62. The molecule has 0 heterocycles. The normalized spacial score (nSPS) is 10.2. The minimum Gasteiger partial charge on any atom is -0.304 e. The zero-order valence-corrected chi connectivity index (χ0v) is 6.39. The van der Waals surface area contributed by atoms with Gasteiger partial charge in [-0.2, -0.15) is 0 Å². The molecule has 1 rings (SSSR count). The van der Waals surface area contributed by atoms with E-state index in [1.807, 2.05) is 0 Å². The SMILES string of the molecule is NOCCc1ccc(F)cc1F. The fourth-order valence-corrected chi connectivity index (χ4v) is 0.893. The molecule has 0 aliphatic carbocycles. The van der Waals surface area contributed by atoms with Crippen LogP contribution < -0.4 is 5.90 Å². The molecule has 0 unspecified atom stereocenters. The van der Waals surface area contributed by atoms with Crippen molar-refractivity contribution in [3.05, 3.63) is 35.4 Å². The van der Waals surface area contributed by atoms with Gasteiger partial charge in [0.2, 0.25) is 0 Å². The zero-order chi connectivity index (χ0) is 8.97. The molecule has 1 aromatic carbocycles. The molecule has 0 bridgehead atoms. The van der Waals surface area contributed by atoms with E-state index < -0.39 is 11.6 Å². The van der Waals surface area contributed by atoms with Gasteiger partial charge in [-0.15, -0.1) is 0 Å². The highest BCUT2D eigenvalue weighted by atomic mass is 19.1. The lowest BCUT2D eigenvalue weighted by atomic mass is 10.1. The predicted molar refractivity (Wildman–Crippen MR) is 40.2 cm³/mol. The van der Waals surface area contributed by atoms with Crippen molar-refractivity contribution in [1.29, 1.82) is 0 Å². The first-order chi connectivity index (χ1) is 5.74. The number of benzene rings is 1. The van der Waals surface area contributed by atoms with Gasteiger partial charge in [0.15, 0.2) is 0 Å². The Labute approximate surface area is 68.9 Å². The molecule has 2 N–H and O–H groups in total. The van der Waals surface area contributed by atoms with Gasteiger partial charge in [-0.1, -0.05) is 6.07 Å². The van der Waals surface area contributed by atoms with Crippen LogP contribution in [-0.4, -0.2) is 6.61 Å². The quantitative estimate of drug-likeness (QED) is 0.701. The van der Waals surface area contributed by atoms with Gasteiger partial charge < -0.3 is 4.84 Å². The molecule has 4 heteroatoms. The topological polar surface area (TPSA) is 35.2 Å². The Balaban J connectivity index is 2.72. The van der Waals surface area contributed by atoms with Crippen LogP contribution in [0, 0.1) is 11.6 Å². The molecule has 0 saturated heterocycles. The minimum atomic E-state index is -0.579. The Hall–Kier alpha value is -1.00. The van der Waals surface area contributed by atoms with E-state index in [0.29, 0.717) is 12.0 Å². The largest absolute Gasteiger partial charge is 0.304 e. The van der Waals surface area contributed by atoms with Crippen LogP contribution in [0.25, 0.3) is 0 Å². The third-order valence-corrected chi connectivity index (χ3v) is 1.50. The van der Waals surface area contributed by atoms with E-state index in [4.69, 9.17) is 5.90 Å². The highest BCUT2D eigenvalue weighted by molar-refractivity contribution is 5.18. The van der Waals surface area contributed by atoms with Gasteiger partial charge >= 0.3 is 0 Å². The summed E-state index contributed by atoms with van der Waals surface area (Å²) in [4.78, 5) is 4.27. The Morgan fingerprint density at radius 1 is 1.33 bits per heavy atom. The Morgan fingerprint density at radius 2 is 2.08 bits per heavy atom. The molecule has 0 aliphatic rings. The van der Waals surface area contributed by atoms with Crippen LogP contribution in [0.15, 0.2) is 18.2 Å². The van der Waals surface area contributed by atoms with E-state index in [1.165, 1.54) is 12.1 Å². The fraction of sp³-hybridized carbons (Fsp3) is 0.250. The third-order valence-electron chi connectivity index (χ3n) is 1.50. The van der Waals surface area contributed by atoms with Crippen molar-refractivity contribution in [2.45, 2.75) is 6.42 Å². The van der Waals surface area contributed by atoms with E-state index in [1.54, 1.807) is 0 Å². The van der Waals surface area contributed by atoms with Gasteiger partial charge in [0.1, 0.15) is 11.6 Å². The monoisotopic (exact) mass is 173 g/mol. The summed E-state index contributed by atoms with van der Waals surface area (Å²) < 4.78 is 25.2. The summed E-state index contributed by atoms with van der Waals surface area (Å²) in [6.07, 6.45) is 0.350. The average Bonchev–Trinajstić information content (AvgIpc) is 2.03. The number of rotatable bonds is 3. The average molecular weight is 173 g/mol. The number of hydrogen-bond donors (Lipinski definition) is 1. The highest BCUT2D eigenvalue weighted by Gasteiger charge is 2.02. The van der Waals surface area contributed by atoms with Crippen molar-refractivity contribution in [2.24, 2.45) is 5.90 Å². The molecule has 0 fully saturated rings.